The van der Waals surface area contributed by atoms with Crippen molar-refractivity contribution in [2.75, 3.05) is 17.2 Å². The molecule has 0 saturated heterocycles. The monoisotopic (exact) mass is 410 g/mol. The van der Waals surface area contributed by atoms with Crippen LogP contribution in [0.1, 0.15) is 43.6 Å². The zero-order chi connectivity index (χ0) is 22.1. The fourth-order valence-electron chi connectivity index (χ4n) is 2.36. The number of esters is 1. The number of carbonyl (C=O) groups is 3. The average Bonchev–Trinajstić information content (AvgIpc) is 2.66. The Balaban J connectivity index is 1.93. The number of hydrogen-bond donors (Lipinski definition) is 2. The first-order valence-corrected chi connectivity index (χ1v) is 9.52. The third-order valence-electron chi connectivity index (χ3n) is 3.66. The third-order valence-corrected chi connectivity index (χ3v) is 3.66. The van der Waals surface area contributed by atoms with Gasteiger partial charge in [0.25, 0.3) is 5.91 Å². The van der Waals surface area contributed by atoms with Crippen molar-refractivity contribution in [2.24, 2.45) is 0 Å². The molecule has 0 aliphatic heterocycles. The molecule has 0 radical (unpaired) electrons. The number of hydrogen-bond acceptors (Lipinski definition) is 5. The summed E-state index contributed by atoms with van der Waals surface area (Å²) in [6.45, 7) is 7.41. The maximum atomic E-state index is 12.4. The quantitative estimate of drug-likeness (QED) is 0.524. The first-order valence-electron chi connectivity index (χ1n) is 9.52. The standard InChI is InChI=1S/C23H26N2O5/c1-5-29-20(26)15-8-16-6-11-18(12-7-16)24-21(27)17-9-13-19(14-10-17)25-22(28)30-23(2,3)4/h6-15H,5H2,1-4H3,(H,24,27)(H,25,28)/b15-8+. The fraction of sp³-hybridized carbons (Fsp3) is 0.261. The molecule has 2 amide bonds. The molecule has 0 spiro atoms. The second-order valence-electron chi connectivity index (χ2n) is 7.37. The minimum absolute atomic E-state index is 0.284. The van der Waals surface area contributed by atoms with Crippen LogP contribution in [-0.2, 0) is 14.3 Å². The maximum absolute atomic E-state index is 12.4. The minimum atomic E-state index is -0.589. The molecule has 30 heavy (non-hydrogen) atoms. The van der Waals surface area contributed by atoms with Crippen LogP contribution < -0.4 is 10.6 Å². The van der Waals surface area contributed by atoms with E-state index in [9.17, 15) is 14.4 Å². The number of nitrogens with one attached hydrogen (secondary N) is 2. The van der Waals surface area contributed by atoms with Crippen LogP contribution in [0.5, 0.6) is 0 Å². The molecule has 0 atom stereocenters. The summed E-state index contributed by atoms with van der Waals surface area (Å²) in [5.74, 6) is -0.687. The van der Waals surface area contributed by atoms with Gasteiger partial charge >= 0.3 is 12.1 Å². The summed E-state index contributed by atoms with van der Waals surface area (Å²) in [6, 6.07) is 13.5. The van der Waals surface area contributed by atoms with Gasteiger partial charge in [-0.15, -0.1) is 0 Å². The van der Waals surface area contributed by atoms with Crippen molar-refractivity contribution in [3.05, 3.63) is 65.7 Å². The van der Waals surface area contributed by atoms with Gasteiger partial charge in [-0.2, -0.15) is 0 Å². The molecular weight excluding hydrogens is 384 g/mol. The van der Waals surface area contributed by atoms with Gasteiger partial charge in [0.2, 0.25) is 0 Å². The van der Waals surface area contributed by atoms with Crippen LogP contribution in [0.3, 0.4) is 0 Å². The molecule has 2 aromatic carbocycles. The van der Waals surface area contributed by atoms with Crippen molar-refractivity contribution >= 4 is 35.4 Å². The highest BCUT2D eigenvalue weighted by molar-refractivity contribution is 6.04. The zero-order valence-electron chi connectivity index (χ0n) is 17.5. The average molecular weight is 410 g/mol. The van der Waals surface area contributed by atoms with E-state index in [-0.39, 0.29) is 5.91 Å². The lowest BCUT2D eigenvalue weighted by molar-refractivity contribution is -0.137. The Morgan fingerprint density at radius 3 is 2.03 bits per heavy atom. The van der Waals surface area contributed by atoms with Crippen LogP contribution in [-0.4, -0.2) is 30.2 Å². The largest absolute Gasteiger partial charge is 0.463 e. The van der Waals surface area contributed by atoms with Gasteiger partial charge in [0.1, 0.15) is 5.60 Å². The number of carbonyl (C=O) groups excluding carboxylic acids is 3. The van der Waals surface area contributed by atoms with Crippen molar-refractivity contribution < 1.29 is 23.9 Å². The Hall–Kier alpha value is -3.61. The SMILES string of the molecule is CCOC(=O)/C=C/c1ccc(NC(=O)c2ccc(NC(=O)OC(C)(C)C)cc2)cc1. The normalized spacial score (nSPS) is 11.1. The summed E-state index contributed by atoms with van der Waals surface area (Å²) in [5.41, 5.74) is 1.80. The van der Waals surface area contributed by atoms with Crippen molar-refractivity contribution in [3.63, 3.8) is 0 Å². The summed E-state index contributed by atoms with van der Waals surface area (Å²) >= 11 is 0. The highest BCUT2D eigenvalue weighted by Crippen LogP contribution is 2.15. The predicted molar refractivity (Wildman–Crippen MR) is 116 cm³/mol. The van der Waals surface area contributed by atoms with Crippen molar-refractivity contribution in [1.29, 1.82) is 0 Å². The van der Waals surface area contributed by atoms with E-state index < -0.39 is 17.7 Å². The zero-order valence-corrected chi connectivity index (χ0v) is 17.5. The summed E-state index contributed by atoms with van der Waals surface area (Å²) in [5, 5.41) is 5.41. The second kappa shape index (κ2) is 10.2. The Kier molecular flexibility index (Phi) is 7.75. The van der Waals surface area contributed by atoms with Gasteiger partial charge in [0.15, 0.2) is 0 Å². The molecular formula is C23H26N2O5. The third kappa shape index (κ3) is 7.79. The Morgan fingerprint density at radius 1 is 0.900 bits per heavy atom. The molecule has 2 aromatic rings. The van der Waals surface area contributed by atoms with E-state index in [4.69, 9.17) is 9.47 Å². The number of rotatable bonds is 6. The van der Waals surface area contributed by atoms with Crippen molar-refractivity contribution in [3.8, 4) is 0 Å². The Labute approximate surface area is 176 Å². The summed E-state index contributed by atoms with van der Waals surface area (Å²) < 4.78 is 10.0. The first kappa shape index (κ1) is 22.7. The van der Waals surface area contributed by atoms with Crippen LogP contribution in [0.2, 0.25) is 0 Å². The summed E-state index contributed by atoms with van der Waals surface area (Å²) in [7, 11) is 0. The van der Waals surface area contributed by atoms with E-state index in [1.807, 2.05) is 0 Å². The number of benzene rings is 2. The van der Waals surface area contributed by atoms with Gasteiger partial charge in [-0.25, -0.2) is 9.59 Å². The predicted octanol–water partition coefficient (Wildman–Crippen LogP) is 4.86. The van der Waals surface area contributed by atoms with Gasteiger partial charge in [-0.3, -0.25) is 10.1 Å². The molecule has 0 aliphatic carbocycles. The van der Waals surface area contributed by atoms with Crippen LogP contribution in [0.25, 0.3) is 6.08 Å². The molecule has 0 heterocycles. The second-order valence-corrected chi connectivity index (χ2v) is 7.37. The van der Waals surface area contributed by atoms with E-state index in [0.29, 0.717) is 23.5 Å². The van der Waals surface area contributed by atoms with Gasteiger partial charge < -0.3 is 14.8 Å². The smallest absolute Gasteiger partial charge is 0.412 e. The van der Waals surface area contributed by atoms with Crippen molar-refractivity contribution in [1.82, 2.24) is 0 Å². The van der Waals surface area contributed by atoms with E-state index in [2.05, 4.69) is 10.6 Å². The van der Waals surface area contributed by atoms with Crippen LogP contribution >= 0.6 is 0 Å². The first-order chi connectivity index (χ1) is 14.2. The van der Waals surface area contributed by atoms with E-state index in [1.54, 1.807) is 82.3 Å². The molecule has 0 unspecified atom stereocenters. The molecule has 2 N–H and O–H groups in total. The van der Waals surface area contributed by atoms with E-state index in [0.717, 1.165) is 5.56 Å². The van der Waals surface area contributed by atoms with Gasteiger partial charge in [0, 0.05) is 23.0 Å². The molecule has 0 bridgehead atoms. The molecule has 0 saturated carbocycles. The molecule has 0 aliphatic rings. The van der Waals surface area contributed by atoms with Crippen LogP contribution in [0.15, 0.2) is 54.6 Å². The Morgan fingerprint density at radius 2 is 1.47 bits per heavy atom. The van der Waals surface area contributed by atoms with Crippen LogP contribution in [0.4, 0.5) is 16.2 Å². The molecule has 7 heteroatoms. The minimum Gasteiger partial charge on any atom is -0.463 e. The molecule has 158 valence electrons. The van der Waals surface area contributed by atoms with Crippen LogP contribution in [0, 0.1) is 0 Å². The lowest BCUT2D eigenvalue weighted by atomic mass is 10.1. The highest BCUT2D eigenvalue weighted by atomic mass is 16.6. The molecule has 7 nitrogen and oxygen atoms in total. The number of ether oxygens (including phenoxy) is 2. The molecule has 0 fully saturated rings. The summed E-state index contributed by atoms with van der Waals surface area (Å²) in [6.07, 6.45) is 2.43. The molecule has 2 rings (SSSR count). The lowest BCUT2D eigenvalue weighted by Crippen LogP contribution is -2.27. The van der Waals surface area contributed by atoms with Gasteiger partial charge in [-0.05, 0) is 75.7 Å². The lowest BCUT2D eigenvalue weighted by Gasteiger charge is -2.19. The topological polar surface area (TPSA) is 93.7 Å². The van der Waals surface area contributed by atoms with Gasteiger partial charge in [0.05, 0.1) is 6.61 Å². The molecule has 0 aromatic heterocycles. The van der Waals surface area contributed by atoms with Gasteiger partial charge in [-0.1, -0.05) is 12.1 Å². The maximum Gasteiger partial charge on any atom is 0.412 e. The van der Waals surface area contributed by atoms with Crippen molar-refractivity contribution in [2.45, 2.75) is 33.3 Å². The Bertz CT molecular complexity index is 910. The van der Waals surface area contributed by atoms with E-state index in [1.165, 1.54) is 6.08 Å². The fourth-order valence-corrected chi connectivity index (χ4v) is 2.36. The highest BCUT2D eigenvalue weighted by Gasteiger charge is 2.16. The van der Waals surface area contributed by atoms with E-state index >= 15 is 0 Å². The number of amides is 2. The number of anilines is 2. The summed E-state index contributed by atoms with van der Waals surface area (Å²) in [4.78, 5) is 35.5.